The molecule has 1 aromatic carbocycles. The quantitative estimate of drug-likeness (QED) is 0.449. The van der Waals surface area contributed by atoms with Crippen LogP contribution in [0.15, 0.2) is 52.5 Å². The minimum absolute atomic E-state index is 0. The summed E-state index contributed by atoms with van der Waals surface area (Å²) in [4.78, 5) is 32.2. The van der Waals surface area contributed by atoms with E-state index < -0.39 is 21.7 Å². The van der Waals surface area contributed by atoms with E-state index in [0.717, 1.165) is 47.7 Å². The van der Waals surface area contributed by atoms with Crippen LogP contribution in [0, 0.1) is 0 Å². The Kier molecular flexibility index (Phi) is 8.37. The Bertz CT molecular complexity index is 1430. The third-order valence-corrected chi connectivity index (χ3v) is 6.95. The molecule has 2 N–H and O–H groups in total. The summed E-state index contributed by atoms with van der Waals surface area (Å²) >= 11 is 0. The number of rotatable bonds is 6. The predicted octanol–water partition coefficient (Wildman–Crippen LogP) is 0.0104. The number of ether oxygens (including phenoxy) is 1. The fraction of sp³-hybridized carbons (Fsp3) is 0.304. The van der Waals surface area contributed by atoms with Gasteiger partial charge in [0.05, 0.1) is 19.0 Å². The molecule has 0 spiro atoms. The first-order chi connectivity index (χ1) is 16.2. The molecule has 0 bridgehead atoms. The zero-order chi connectivity index (χ0) is 24.5. The van der Waals surface area contributed by atoms with E-state index in [1.807, 2.05) is 16.9 Å². The largest absolute Gasteiger partial charge is 1.00 e. The first-order valence-electron chi connectivity index (χ1n) is 10.8. The smallest absolute Gasteiger partial charge is 1.00 e. The molecule has 2 amide bonds. The summed E-state index contributed by atoms with van der Waals surface area (Å²) in [6.45, 7) is 3.45. The summed E-state index contributed by atoms with van der Waals surface area (Å²) in [5, 5.41) is 2.74. The number of carbonyl (C=O) groups excluding carboxylic acids is 1. The fourth-order valence-corrected chi connectivity index (χ4v) is 4.83. The van der Waals surface area contributed by atoms with E-state index in [2.05, 4.69) is 15.3 Å². The van der Waals surface area contributed by atoms with Crippen LogP contribution in [-0.4, -0.2) is 36.1 Å². The standard InChI is InChI=1S/C23H25N5O5S.Na.H/c1-14(2)28-13-17(12-25-23(28)30)34(31,32)27-22(29)26-21-18-6-4-5-15(18)7-8-19(21)16-9-10-24-20(11-16)33-3;;/h7-14H,4-6H2,1-3H3,(H2,26,27,29);;/q;+1;-1. The molecule has 2 aromatic heterocycles. The van der Waals surface area contributed by atoms with Gasteiger partial charge in [-0.1, -0.05) is 12.1 Å². The normalized spacial score (nSPS) is 12.6. The second-order valence-electron chi connectivity index (χ2n) is 8.20. The number of carbonyl (C=O) groups is 1. The number of hydrogen-bond donors (Lipinski definition) is 2. The van der Waals surface area contributed by atoms with Crippen molar-refractivity contribution in [1.29, 1.82) is 0 Å². The maximum Gasteiger partial charge on any atom is 1.00 e. The zero-order valence-corrected chi connectivity index (χ0v) is 22.8. The molecule has 1 aliphatic rings. The number of benzene rings is 1. The first kappa shape index (κ1) is 26.9. The Hall–Kier alpha value is -2.73. The summed E-state index contributed by atoms with van der Waals surface area (Å²) in [5.74, 6) is 0.420. The fourth-order valence-electron chi connectivity index (χ4n) is 3.98. The van der Waals surface area contributed by atoms with Crippen LogP contribution in [0.1, 0.15) is 38.9 Å². The van der Waals surface area contributed by atoms with Gasteiger partial charge in [0.15, 0.2) is 0 Å². The van der Waals surface area contributed by atoms with Gasteiger partial charge in [0, 0.05) is 30.1 Å². The number of fused-ring (bicyclic) bond motifs is 1. The van der Waals surface area contributed by atoms with Crippen LogP contribution in [0.4, 0.5) is 10.5 Å². The van der Waals surface area contributed by atoms with Crippen LogP contribution in [0.25, 0.3) is 11.1 Å². The van der Waals surface area contributed by atoms with Crippen molar-refractivity contribution in [2.24, 2.45) is 0 Å². The van der Waals surface area contributed by atoms with Crippen molar-refractivity contribution in [2.75, 3.05) is 12.4 Å². The van der Waals surface area contributed by atoms with Crippen LogP contribution >= 0.6 is 0 Å². The number of anilines is 1. The van der Waals surface area contributed by atoms with E-state index in [9.17, 15) is 18.0 Å². The van der Waals surface area contributed by atoms with E-state index in [4.69, 9.17) is 4.74 Å². The first-order valence-corrected chi connectivity index (χ1v) is 12.2. The van der Waals surface area contributed by atoms with Gasteiger partial charge in [0.2, 0.25) is 5.88 Å². The van der Waals surface area contributed by atoms with Gasteiger partial charge >= 0.3 is 41.3 Å². The van der Waals surface area contributed by atoms with Gasteiger partial charge in [0.1, 0.15) is 4.90 Å². The molecule has 10 nitrogen and oxygen atoms in total. The minimum atomic E-state index is -4.27. The zero-order valence-electron chi connectivity index (χ0n) is 21.0. The number of aryl methyl sites for hydroxylation is 1. The summed E-state index contributed by atoms with van der Waals surface area (Å²) in [5.41, 5.74) is 3.54. The Balaban J connectivity index is 0.00000228. The molecule has 12 heteroatoms. The van der Waals surface area contributed by atoms with E-state index in [0.29, 0.717) is 11.6 Å². The number of methoxy groups -OCH3 is 1. The number of pyridine rings is 1. The molecular weight excluding hydrogens is 481 g/mol. The van der Waals surface area contributed by atoms with Gasteiger partial charge in [-0.25, -0.2) is 32.7 Å². The van der Waals surface area contributed by atoms with Crippen LogP contribution in [-0.2, 0) is 22.9 Å². The summed E-state index contributed by atoms with van der Waals surface area (Å²) in [6, 6.07) is 6.24. The van der Waals surface area contributed by atoms with Crippen molar-refractivity contribution >= 4 is 21.7 Å². The molecule has 0 saturated carbocycles. The minimum Gasteiger partial charge on any atom is -1.00 e. The number of urea groups is 1. The molecule has 3 aromatic rings. The van der Waals surface area contributed by atoms with E-state index in [1.165, 1.54) is 17.9 Å². The Morgan fingerprint density at radius 3 is 2.69 bits per heavy atom. The number of amides is 2. The number of aromatic nitrogens is 3. The molecular formula is C23H26N5NaO5S. The molecule has 0 aliphatic heterocycles. The number of nitrogens with zero attached hydrogens (tertiary/aromatic N) is 3. The van der Waals surface area contributed by atoms with Crippen molar-refractivity contribution in [3.8, 4) is 17.0 Å². The molecule has 4 rings (SSSR count). The maximum absolute atomic E-state index is 12.9. The molecule has 2 heterocycles. The van der Waals surface area contributed by atoms with Crippen molar-refractivity contribution < 1.29 is 48.9 Å². The summed E-state index contributed by atoms with van der Waals surface area (Å²) in [6.07, 6.45) is 6.29. The van der Waals surface area contributed by atoms with Gasteiger partial charge < -0.3 is 11.5 Å². The average Bonchev–Trinajstić information content (AvgIpc) is 3.28. The average molecular weight is 508 g/mol. The SMILES string of the molecule is COc1cc(-c2ccc3c(c2NC(=O)NS(=O)(=O)c2cnc(=O)n(C(C)C)c2)CCC3)ccn1.[H-].[Na+]. The van der Waals surface area contributed by atoms with E-state index in [-0.39, 0.29) is 41.9 Å². The molecule has 180 valence electrons. The second-order valence-corrected chi connectivity index (χ2v) is 9.88. The predicted molar refractivity (Wildman–Crippen MR) is 128 cm³/mol. The molecule has 35 heavy (non-hydrogen) atoms. The van der Waals surface area contributed by atoms with Crippen molar-refractivity contribution in [3.63, 3.8) is 0 Å². The van der Waals surface area contributed by atoms with E-state index >= 15 is 0 Å². The van der Waals surface area contributed by atoms with Crippen molar-refractivity contribution in [3.05, 3.63) is 64.5 Å². The van der Waals surface area contributed by atoms with Crippen LogP contribution in [0.3, 0.4) is 0 Å². The van der Waals surface area contributed by atoms with Crippen LogP contribution in [0.2, 0.25) is 0 Å². The summed E-state index contributed by atoms with van der Waals surface area (Å²) in [7, 11) is -2.75. The number of hydrogen-bond acceptors (Lipinski definition) is 7. The number of nitrogens with one attached hydrogen (secondary N) is 2. The van der Waals surface area contributed by atoms with Gasteiger partial charge in [-0.3, -0.25) is 4.57 Å². The molecule has 0 atom stereocenters. The van der Waals surface area contributed by atoms with Gasteiger partial charge in [-0.15, -0.1) is 0 Å². The third kappa shape index (κ3) is 5.75. The molecule has 0 saturated heterocycles. The third-order valence-electron chi connectivity index (χ3n) is 5.66. The summed E-state index contributed by atoms with van der Waals surface area (Å²) < 4.78 is 34.1. The van der Waals surface area contributed by atoms with Gasteiger partial charge in [0.25, 0.3) is 10.0 Å². The topological polar surface area (TPSA) is 132 Å². The van der Waals surface area contributed by atoms with Crippen LogP contribution in [0.5, 0.6) is 5.88 Å². The van der Waals surface area contributed by atoms with Gasteiger partial charge in [-0.05, 0) is 55.9 Å². The monoisotopic (exact) mass is 507 g/mol. The Morgan fingerprint density at radius 1 is 1.20 bits per heavy atom. The molecule has 0 fully saturated rings. The van der Waals surface area contributed by atoms with Crippen LogP contribution < -0.4 is 50.0 Å². The van der Waals surface area contributed by atoms with Crippen molar-refractivity contribution in [2.45, 2.75) is 44.0 Å². The molecule has 0 unspecified atom stereocenters. The Labute approximate surface area is 227 Å². The van der Waals surface area contributed by atoms with Gasteiger partial charge in [-0.2, -0.15) is 0 Å². The molecule has 1 aliphatic carbocycles. The molecule has 0 radical (unpaired) electrons. The second kappa shape index (κ2) is 10.9. The van der Waals surface area contributed by atoms with Crippen molar-refractivity contribution in [1.82, 2.24) is 19.3 Å². The Morgan fingerprint density at radius 2 is 1.97 bits per heavy atom. The van der Waals surface area contributed by atoms with E-state index in [1.54, 1.807) is 32.2 Å². The maximum atomic E-state index is 12.9. The number of sulfonamides is 1.